The zero-order valence-electron chi connectivity index (χ0n) is 14.1. The number of rotatable bonds is 12. The van der Waals surface area contributed by atoms with Gasteiger partial charge in [0.05, 0.1) is 49.9 Å². The summed E-state index contributed by atoms with van der Waals surface area (Å²) in [7, 11) is 0. The molecule has 124 valence electrons. The van der Waals surface area contributed by atoms with E-state index < -0.39 is 0 Å². The van der Waals surface area contributed by atoms with E-state index in [4.69, 9.17) is 0 Å². The Morgan fingerprint density at radius 1 is 0.600 bits per heavy atom. The molecular weight excluding hydrogens is 293 g/mol. The van der Waals surface area contributed by atoms with Gasteiger partial charge in [0.2, 0.25) is 0 Å². The summed E-state index contributed by atoms with van der Waals surface area (Å²) in [5.74, 6) is 0. The van der Waals surface area contributed by atoms with Crippen LogP contribution in [0.15, 0.2) is 0 Å². The van der Waals surface area contributed by atoms with Crippen LogP contribution in [-0.4, -0.2) is 30.7 Å². The summed E-state index contributed by atoms with van der Waals surface area (Å²) in [4.78, 5) is 0. The van der Waals surface area contributed by atoms with Crippen molar-refractivity contribution < 1.29 is 8.32 Å². The molecule has 0 amide bonds. The molecule has 0 rings (SSSR count). The average Bonchev–Trinajstić information content (AvgIpc) is 2.46. The molecule has 0 aliphatic carbocycles. The molecule has 4 heteroatoms. The second-order valence-corrected chi connectivity index (χ2v) is 6.18. The number of nitrogens with zero attached hydrogens (tertiary/aromatic N) is 1. The second-order valence-electron chi connectivity index (χ2n) is 5.71. The van der Waals surface area contributed by atoms with Crippen molar-refractivity contribution in [3.05, 3.63) is 0 Å². The SMILES string of the molecule is CCCC[N+](CCCC)(CCCC)CCCC.ClOCl. The van der Waals surface area contributed by atoms with Crippen molar-refractivity contribution >= 4 is 23.7 Å². The van der Waals surface area contributed by atoms with Gasteiger partial charge in [0.25, 0.3) is 0 Å². The van der Waals surface area contributed by atoms with Crippen molar-refractivity contribution in [1.29, 1.82) is 0 Å². The van der Waals surface area contributed by atoms with Gasteiger partial charge in [0.1, 0.15) is 0 Å². The molecule has 0 aliphatic rings. The molecule has 0 aromatic heterocycles. The van der Waals surface area contributed by atoms with Crippen LogP contribution in [0.25, 0.3) is 0 Å². The molecule has 0 N–H and O–H groups in total. The Balaban J connectivity index is 0. The van der Waals surface area contributed by atoms with Crippen LogP contribution in [0.4, 0.5) is 0 Å². The Morgan fingerprint density at radius 3 is 0.950 bits per heavy atom. The van der Waals surface area contributed by atoms with Gasteiger partial charge in [-0.25, -0.2) is 0 Å². The monoisotopic (exact) mass is 328 g/mol. The Morgan fingerprint density at radius 2 is 0.800 bits per heavy atom. The van der Waals surface area contributed by atoms with E-state index in [2.05, 4.69) is 55.3 Å². The van der Waals surface area contributed by atoms with Gasteiger partial charge in [0, 0.05) is 0 Å². The lowest BCUT2D eigenvalue weighted by Gasteiger charge is -2.39. The number of hydrogen-bond acceptors (Lipinski definition) is 1. The molecule has 0 unspecified atom stereocenters. The number of unbranched alkanes of at least 4 members (excludes halogenated alkanes) is 4. The minimum atomic E-state index is 1.35. The average molecular weight is 329 g/mol. The summed E-state index contributed by atoms with van der Waals surface area (Å²) in [6.45, 7) is 15.0. The highest BCUT2D eigenvalue weighted by Gasteiger charge is 2.24. The maximum atomic E-state index is 4.26. The van der Waals surface area contributed by atoms with Crippen LogP contribution in [0.5, 0.6) is 0 Å². The molecule has 0 fully saturated rings. The number of quaternary nitrogens is 1. The molecule has 0 saturated carbocycles. The first-order valence-corrected chi connectivity index (χ1v) is 9.02. The quantitative estimate of drug-likeness (QED) is 0.381. The smallest absolute Gasteiger partial charge is 0.0832 e. The van der Waals surface area contributed by atoms with Crippen LogP contribution in [-0.2, 0) is 3.84 Å². The van der Waals surface area contributed by atoms with Gasteiger partial charge in [-0.15, -0.1) is 0 Å². The van der Waals surface area contributed by atoms with Crippen LogP contribution >= 0.6 is 23.7 Å². The Labute approximate surface area is 137 Å². The molecule has 0 bridgehead atoms. The molecule has 0 aliphatic heterocycles. The van der Waals surface area contributed by atoms with Gasteiger partial charge in [-0.2, -0.15) is 3.84 Å². The molecule has 0 aromatic rings. The molecule has 0 atom stereocenters. The van der Waals surface area contributed by atoms with E-state index in [1.807, 2.05) is 0 Å². The summed E-state index contributed by atoms with van der Waals surface area (Å²) >= 11 is 8.53. The van der Waals surface area contributed by atoms with Crippen LogP contribution in [0, 0.1) is 0 Å². The molecule has 0 spiro atoms. The third kappa shape index (κ3) is 13.5. The van der Waals surface area contributed by atoms with E-state index in [9.17, 15) is 0 Å². The summed E-state index contributed by atoms with van der Waals surface area (Å²) in [5.41, 5.74) is 0. The summed E-state index contributed by atoms with van der Waals surface area (Å²) in [6, 6.07) is 0. The first kappa shape index (κ1) is 22.8. The first-order valence-electron chi connectivity index (χ1n) is 8.40. The molecule has 0 saturated heterocycles. The van der Waals surface area contributed by atoms with Crippen molar-refractivity contribution in [3.63, 3.8) is 0 Å². The third-order valence-corrected chi connectivity index (χ3v) is 3.94. The first-order chi connectivity index (χ1) is 9.66. The van der Waals surface area contributed by atoms with Crippen molar-refractivity contribution in [2.45, 2.75) is 79.1 Å². The highest BCUT2D eigenvalue weighted by Crippen LogP contribution is 2.16. The maximum absolute atomic E-state index is 4.26. The lowest BCUT2D eigenvalue weighted by Crippen LogP contribution is -2.50. The molecule has 20 heavy (non-hydrogen) atoms. The van der Waals surface area contributed by atoms with Crippen molar-refractivity contribution in [2.24, 2.45) is 0 Å². The van der Waals surface area contributed by atoms with Crippen molar-refractivity contribution in [3.8, 4) is 0 Å². The normalized spacial score (nSPS) is 11.1. The van der Waals surface area contributed by atoms with E-state index in [0.29, 0.717) is 0 Å². The predicted octanol–water partition coefficient (Wildman–Crippen LogP) is 6.31. The topological polar surface area (TPSA) is 9.23 Å². The zero-order valence-corrected chi connectivity index (χ0v) is 15.6. The van der Waals surface area contributed by atoms with Crippen molar-refractivity contribution in [1.82, 2.24) is 0 Å². The molecule has 0 aromatic carbocycles. The van der Waals surface area contributed by atoms with Gasteiger partial charge in [0.15, 0.2) is 0 Å². The van der Waals surface area contributed by atoms with E-state index in [1.165, 1.54) is 82.0 Å². The van der Waals surface area contributed by atoms with Crippen molar-refractivity contribution in [2.75, 3.05) is 26.2 Å². The summed E-state index contributed by atoms with van der Waals surface area (Å²) in [6.07, 6.45) is 11.1. The largest absolute Gasteiger partial charge is 0.324 e. The lowest BCUT2D eigenvalue weighted by atomic mass is 10.1. The Kier molecular flexibility index (Phi) is 20.0. The number of halogens is 2. The number of hydrogen-bond donors (Lipinski definition) is 0. The minimum absolute atomic E-state index is 1.35. The van der Waals surface area contributed by atoms with E-state index in [1.54, 1.807) is 0 Å². The summed E-state index contributed by atoms with van der Waals surface area (Å²) in [5, 5.41) is 0. The zero-order chi connectivity index (χ0) is 15.7. The van der Waals surface area contributed by atoms with E-state index in [0.717, 1.165) is 0 Å². The van der Waals surface area contributed by atoms with E-state index in [-0.39, 0.29) is 0 Å². The highest BCUT2D eigenvalue weighted by molar-refractivity contribution is 6.24. The molecular formula is C16H36Cl2NO+. The van der Waals surface area contributed by atoms with Gasteiger partial charge in [-0.3, -0.25) is 0 Å². The lowest BCUT2D eigenvalue weighted by molar-refractivity contribution is -0.929. The molecule has 0 radical (unpaired) electrons. The Hall–Kier alpha value is 0.500. The third-order valence-electron chi connectivity index (χ3n) is 3.94. The fourth-order valence-electron chi connectivity index (χ4n) is 2.64. The molecule has 0 heterocycles. The van der Waals surface area contributed by atoms with Crippen LogP contribution < -0.4 is 0 Å². The van der Waals surface area contributed by atoms with E-state index >= 15 is 0 Å². The van der Waals surface area contributed by atoms with Gasteiger partial charge in [-0.1, -0.05) is 53.4 Å². The fourth-order valence-corrected chi connectivity index (χ4v) is 2.64. The van der Waals surface area contributed by atoms with Crippen LogP contribution in [0.1, 0.15) is 79.1 Å². The maximum Gasteiger partial charge on any atom is 0.0832 e. The minimum Gasteiger partial charge on any atom is -0.324 e. The van der Waals surface area contributed by atoms with Crippen LogP contribution in [0.3, 0.4) is 0 Å². The predicted molar refractivity (Wildman–Crippen MR) is 92.2 cm³/mol. The fraction of sp³-hybridized carbons (Fsp3) is 1.00. The molecule has 2 nitrogen and oxygen atoms in total. The van der Waals surface area contributed by atoms with Gasteiger partial charge < -0.3 is 4.48 Å². The van der Waals surface area contributed by atoms with Gasteiger partial charge >= 0.3 is 0 Å². The van der Waals surface area contributed by atoms with Gasteiger partial charge in [-0.05, 0) is 25.7 Å². The Bertz CT molecular complexity index is 142. The standard InChI is InChI=1S/C16H36N.Cl2O/c1-5-9-13-17(14-10-6-2,15-11-7-3)16-12-8-4;1-3-2/h5-16H2,1-4H3;/q+1;. The van der Waals surface area contributed by atoms with Crippen LogP contribution in [0.2, 0.25) is 0 Å². The second kappa shape index (κ2) is 17.6. The highest BCUT2D eigenvalue weighted by atomic mass is 35.6. The summed E-state index contributed by atoms with van der Waals surface area (Å²) < 4.78 is 4.61.